The molecule has 1 aliphatic heterocycles. The first-order valence-corrected chi connectivity index (χ1v) is 9.82. The van der Waals surface area contributed by atoms with Crippen LogP contribution in [-0.4, -0.2) is 35.4 Å². The van der Waals surface area contributed by atoms with Gasteiger partial charge in [-0.25, -0.2) is 0 Å². The zero-order valence-electron chi connectivity index (χ0n) is 16.6. The molecule has 1 aromatic carbocycles. The molecule has 4 rings (SSSR count). The maximum Gasteiger partial charge on any atom is 0.268 e. The van der Waals surface area contributed by atoms with Crippen LogP contribution in [0.2, 0.25) is 0 Å². The van der Waals surface area contributed by atoms with Crippen LogP contribution in [0.1, 0.15) is 64.4 Å². The van der Waals surface area contributed by atoms with Crippen LogP contribution in [0.3, 0.4) is 0 Å². The lowest BCUT2D eigenvalue weighted by Crippen LogP contribution is -2.29. The second-order valence-corrected chi connectivity index (χ2v) is 8.14. The van der Waals surface area contributed by atoms with Crippen LogP contribution in [0.4, 0.5) is 0 Å². The summed E-state index contributed by atoms with van der Waals surface area (Å²) in [4.78, 5) is 27.8. The highest BCUT2D eigenvalue weighted by Gasteiger charge is 2.32. The quantitative estimate of drug-likeness (QED) is 0.777. The number of aryl methyl sites for hydroxylation is 1. The third-order valence-electron chi connectivity index (χ3n) is 5.36. The van der Waals surface area contributed by atoms with Crippen molar-refractivity contribution >= 4 is 11.7 Å². The summed E-state index contributed by atoms with van der Waals surface area (Å²) < 4.78 is 11.8. The van der Waals surface area contributed by atoms with Gasteiger partial charge in [0.25, 0.3) is 5.91 Å². The lowest BCUT2D eigenvalue weighted by Gasteiger charge is -2.18. The molecule has 0 radical (unpaired) electrons. The molecule has 28 heavy (non-hydrogen) atoms. The summed E-state index contributed by atoms with van der Waals surface area (Å²) >= 11 is 0. The molecule has 148 valence electrons. The summed E-state index contributed by atoms with van der Waals surface area (Å²) in [6.45, 7) is 6.64. The van der Waals surface area contributed by atoms with Crippen LogP contribution in [0.25, 0.3) is 0 Å². The summed E-state index contributed by atoms with van der Waals surface area (Å²) in [5.74, 6) is 1.41. The molecule has 6 heteroatoms. The van der Waals surface area contributed by atoms with E-state index in [2.05, 4.69) is 30.2 Å². The summed E-state index contributed by atoms with van der Waals surface area (Å²) in [5.41, 5.74) is 3.73. The lowest BCUT2D eigenvalue weighted by atomic mass is 9.94. The average molecular weight is 382 g/mol. The monoisotopic (exact) mass is 382 g/mol. The smallest absolute Gasteiger partial charge is 0.268 e. The topological polar surface area (TPSA) is 80.4 Å². The van der Waals surface area contributed by atoms with Crippen molar-refractivity contribution in [2.24, 2.45) is 0 Å². The van der Waals surface area contributed by atoms with E-state index in [0.717, 1.165) is 41.8 Å². The van der Waals surface area contributed by atoms with E-state index in [0.29, 0.717) is 36.6 Å². The number of hydrogen-bond donors (Lipinski definition) is 2. The first-order chi connectivity index (χ1) is 13.4. The third-order valence-corrected chi connectivity index (χ3v) is 5.36. The fourth-order valence-electron chi connectivity index (χ4n) is 4.12. The highest BCUT2D eigenvalue weighted by molar-refractivity contribution is 6.04. The number of aromatic amines is 1. The number of Topliss-reactive ketones (excluding diaryl/α,β-unsaturated/α-hetero) is 1. The van der Waals surface area contributed by atoms with E-state index in [1.807, 2.05) is 19.1 Å². The molecule has 0 spiro atoms. The molecule has 0 fully saturated rings. The number of benzene rings is 1. The number of para-hydroxylation sites is 1. The molecule has 1 amide bonds. The molecule has 0 unspecified atom stereocenters. The minimum atomic E-state index is -0.224. The summed E-state index contributed by atoms with van der Waals surface area (Å²) in [5, 5.41) is 2.87. The number of amides is 1. The van der Waals surface area contributed by atoms with E-state index in [9.17, 15) is 9.59 Å². The Morgan fingerprint density at radius 2 is 2.14 bits per heavy atom. The van der Waals surface area contributed by atoms with E-state index in [-0.39, 0.29) is 17.3 Å². The molecule has 1 aliphatic carbocycles. The second kappa shape index (κ2) is 7.00. The number of aromatic nitrogens is 1. The first-order valence-electron chi connectivity index (χ1n) is 9.82. The van der Waals surface area contributed by atoms with Gasteiger partial charge in [0.2, 0.25) is 0 Å². The predicted molar refractivity (Wildman–Crippen MR) is 105 cm³/mol. The molecule has 0 atom stereocenters. The molecule has 0 saturated heterocycles. The first kappa shape index (κ1) is 18.6. The van der Waals surface area contributed by atoms with Crippen LogP contribution in [0.15, 0.2) is 18.2 Å². The highest BCUT2D eigenvalue weighted by Crippen LogP contribution is 2.41. The standard InChI is InChI=1S/C22H26N2O4/c1-13-18-15(7-5-8-16(18)25)24-19(13)21(26)23-10-11-27-17-9-4-6-14-12-22(2,3)28-20(14)17/h4,6,9,24H,5,7-8,10-12H2,1-3H3,(H,23,26). The largest absolute Gasteiger partial charge is 0.488 e. The van der Waals surface area contributed by atoms with Crippen molar-refractivity contribution in [1.82, 2.24) is 10.3 Å². The van der Waals surface area contributed by atoms with Gasteiger partial charge in [-0.1, -0.05) is 12.1 Å². The van der Waals surface area contributed by atoms with Crippen LogP contribution >= 0.6 is 0 Å². The fraction of sp³-hybridized carbons (Fsp3) is 0.455. The number of nitrogens with one attached hydrogen (secondary N) is 2. The maximum absolute atomic E-state index is 12.5. The highest BCUT2D eigenvalue weighted by atomic mass is 16.5. The van der Waals surface area contributed by atoms with Gasteiger partial charge in [0.15, 0.2) is 17.3 Å². The summed E-state index contributed by atoms with van der Waals surface area (Å²) in [7, 11) is 0. The van der Waals surface area contributed by atoms with Gasteiger partial charge in [-0.05, 0) is 45.2 Å². The van der Waals surface area contributed by atoms with Crippen molar-refractivity contribution in [2.75, 3.05) is 13.2 Å². The van der Waals surface area contributed by atoms with Gasteiger partial charge in [0, 0.05) is 29.7 Å². The number of H-pyrrole nitrogens is 1. The molecule has 2 aromatic rings. The minimum absolute atomic E-state index is 0.123. The Morgan fingerprint density at radius 1 is 1.32 bits per heavy atom. The number of carbonyl (C=O) groups excluding carboxylic acids is 2. The minimum Gasteiger partial charge on any atom is -0.488 e. The Morgan fingerprint density at radius 3 is 2.93 bits per heavy atom. The molecule has 2 heterocycles. The Kier molecular flexibility index (Phi) is 4.65. The number of rotatable bonds is 5. The average Bonchev–Trinajstić information content (AvgIpc) is 3.15. The summed E-state index contributed by atoms with van der Waals surface area (Å²) in [6, 6.07) is 5.90. The van der Waals surface area contributed by atoms with Gasteiger partial charge in [-0.3, -0.25) is 9.59 Å². The molecule has 0 bridgehead atoms. The van der Waals surface area contributed by atoms with Crippen LogP contribution < -0.4 is 14.8 Å². The maximum atomic E-state index is 12.5. The van der Waals surface area contributed by atoms with Gasteiger partial charge in [0.1, 0.15) is 17.9 Å². The molecule has 2 N–H and O–H groups in total. The van der Waals surface area contributed by atoms with Gasteiger partial charge < -0.3 is 19.8 Å². The molecule has 2 aliphatic rings. The molecular weight excluding hydrogens is 356 g/mol. The number of carbonyl (C=O) groups is 2. The Balaban J connectivity index is 1.35. The van der Waals surface area contributed by atoms with Crippen LogP contribution in [-0.2, 0) is 12.8 Å². The van der Waals surface area contributed by atoms with Crippen molar-refractivity contribution in [3.8, 4) is 11.5 Å². The van der Waals surface area contributed by atoms with E-state index in [4.69, 9.17) is 9.47 Å². The lowest BCUT2D eigenvalue weighted by molar-refractivity contribution is 0.0940. The van der Waals surface area contributed by atoms with Crippen LogP contribution in [0.5, 0.6) is 11.5 Å². The van der Waals surface area contributed by atoms with Crippen molar-refractivity contribution < 1.29 is 19.1 Å². The second-order valence-electron chi connectivity index (χ2n) is 8.14. The Bertz CT molecular complexity index is 942. The van der Waals surface area contributed by atoms with E-state index < -0.39 is 0 Å². The molecule has 1 aromatic heterocycles. The van der Waals surface area contributed by atoms with Gasteiger partial charge >= 0.3 is 0 Å². The fourth-order valence-corrected chi connectivity index (χ4v) is 4.12. The molecule has 0 saturated carbocycles. The number of ether oxygens (including phenoxy) is 2. The van der Waals surface area contributed by atoms with Gasteiger partial charge in [0.05, 0.1) is 6.54 Å². The number of hydrogen-bond acceptors (Lipinski definition) is 4. The van der Waals surface area contributed by atoms with Gasteiger partial charge in [-0.2, -0.15) is 0 Å². The number of ketones is 1. The van der Waals surface area contributed by atoms with Crippen molar-refractivity contribution in [2.45, 2.75) is 52.1 Å². The van der Waals surface area contributed by atoms with E-state index in [1.165, 1.54) is 0 Å². The van der Waals surface area contributed by atoms with E-state index in [1.54, 1.807) is 0 Å². The Hall–Kier alpha value is -2.76. The zero-order chi connectivity index (χ0) is 19.9. The van der Waals surface area contributed by atoms with Crippen molar-refractivity contribution in [1.29, 1.82) is 0 Å². The molecular formula is C22H26N2O4. The zero-order valence-corrected chi connectivity index (χ0v) is 16.6. The third kappa shape index (κ3) is 3.39. The normalized spacial score (nSPS) is 16.9. The van der Waals surface area contributed by atoms with Crippen LogP contribution in [0, 0.1) is 6.92 Å². The molecule has 6 nitrogen and oxygen atoms in total. The van der Waals surface area contributed by atoms with Crippen molar-refractivity contribution in [3.05, 3.63) is 46.3 Å². The SMILES string of the molecule is Cc1c(C(=O)NCCOc2cccc3c2OC(C)(C)C3)[nH]c2c1C(=O)CCC2. The summed E-state index contributed by atoms with van der Waals surface area (Å²) in [6.07, 6.45) is 3.06. The Labute approximate surface area is 164 Å². The number of fused-ring (bicyclic) bond motifs is 2. The van der Waals surface area contributed by atoms with E-state index >= 15 is 0 Å². The van der Waals surface area contributed by atoms with Crippen molar-refractivity contribution in [3.63, 3.8) is 0 Å². The van der Waals surface area contributed by atoms with Gasteiger partial charge in [-0.15, -0.1) is 0 Å². The predicted octanol–water partition coefficient (Wildman–Crippen LogP) is 3.36.